The predicted octanol–water partition coefficient (Wildman–Crippen LogP) is 1.80. The van der Waals surface area contributed by atoms with Gasteiger partial charge in [0.15, 0.2) is 5.41 Å². The van der Waals surface area contributed by atoms with Crippen molar-refractivity contribution in [1.29, 1.82) is 0 Å². The van der Waals surface area contributed by atoms with E-state index in [1.165, 1.54) is 19.3 Å². The summed E-state index contributed by atoms with van der Waals surface area (Å²) in [6, 6.07) is 0. The van der Waals surface area contributed by atoms with Gasteiger partial charge in [0, 0.05) is 6.42 Å². The highest BCUT2D eigenvalue weighted by atomic mass is 35.5. The molecule has 110 valence electrons. The predicted molar refractivity (Wildman–Crippen MR) is 72.1 cm³/mol. The summed E-state index contributed by atoms with van der Waals surface area (Å²) in [6.07, 6.45) is 2.81. The fraction of sp³-hybridized carbons (Fsp3) is 0.538. The maximum atomic E-state index is 12.1. The molecule has 0 saturated heterocycles. The van der Waals surface area contributed by atoms with Crippen LogP contribution in [0.15, 0.2) is 12.4 Å². The second-order valence-corrected chi connectivity index (χ2v) is 4.67. The Morgan fingerprint density at radius 2 is 1.70 bits per heavy atom. The number of nitrogens with zero attached hydrogens (tertiary/aromatic N) is 2. The highest BCUT2D eigenvalue weighted by Gasteiger charge is 2.44. The topological polar surface area (TPSA) is 78.4 Å². The SMILES string of the molecule is CCOC(=O)C(C)(Cc1cnc(Cl)cn1)C(=O)OCC. The molecule has 1 aromatic heterocycles. The van der Waals surface area contributed by atoms with Gasteiger partial charge < -0.3 is 9.47 Å². The Labute approximate surface area is 122 Å². The molecule has 0 aromatic carbocycles. The van der Waals surface area contributed by atoms with Crippen molar-refractivity contribution >= 4 is 23.5 Å². The molecule has 0 N–H and O–H groups in total. The van der Waals surface area contributed by atoms with Crippen LogP contribution < -0.4 is 0 Å². The first kappa shape index (κ1) is 16.4. The van der Waals surface area contributed by atoms with E-state index in [1.54, 1.807) is 13.8 Å². The zero-order chi connectivity index (χ0) is 15.2. The number of ether oxygens (including phenoxy) is 2. The van der Waals surface area contributed by atoms with E-state index in [2.05, 4.69) is 9.97 Å². The molecule has 1 rings (SSSR count). The van der Waals surface area contributed by atoms with Crippen LogP contribution >= 0.6 is 11.6 Å². The molecule has 1 aromatic rings. The second kappa shape index (κ2) is 7.19. The molecule has 6 nitrogen and oxygen atoms in total. The van der Waals surface area contributed by atoms with Crippen molar-refractivity contribution in [2.45, 2.75) is 27.2 Å². The number of halogens is 1. The van der Waals surface area contributed by atoms with Gasteiger partial charge in [0.05, 0.1) is 31.3 Å². The number of hydrogen-bond donors (Lipinski definition) is 0. The van der Waals surface area contributed by atoms with Crippen LogP contribution in [0.25, 0.3) is 0 Å². The zero-order valence-electron chi connectivity index (χ0n) is 11.7. The normalized spacial score (nSPS) is 11.0. The van der Waals surface area contributed by atoms with Gasteiger partial charge in [-0.1, -0.05) is 11.6 Å². The van der Waals surface area contributed by atoms with Crippen LogP contribution in [0.4, 0.5) is 0 Å². The van der Waals surface area contributed by atoms with Crippen LogP contribution in [-0.4, -0.2) is 35.1 Å². The number of aromatic nitrogens is 2. The fourth-order valence-corrected chi connectivity index (χ4v) is 1.70. The molecule has 7 heteroatoms. The van der Waals surface area contributed by atoms with Crippen LogP contribution in [0.1, 0.15) is 26.5 Å². The average Bonchev–Trinajstić information content (AvgIpc) is 2.41. The molecule has 0 aliphatic heterocycles. The minimum Gasteiger partial charge on any atom is -0.465 e. The number of carbonyl (C=O) groups is 2. The number of hydrogen-bond acceptors (Lipinski definition) is 6. The molecule has 0 fully saturated rings. The maximum Gasteiger partial charge on any atom is 0.323 e. The van der Waals surface area contributed by atoms with E-state index in [4.69, 9.17) is 21.1 Å². The Hall–Kier alpha value is -1.69. The van der Waals surface area contributed by atoms with Crippen molar-refractivity contribution in [3.8, 4) is 0 Å². The van der Waals surface area contributed by atoms with Crippen LogP contribution in [0.5, 0.6) is 0 Å². The minimum atomic E-state index is -1.45. The molecule has 0 amide bonds. The summed E-state index contributed by atoms with van der Waals surface area (Å²) >= 11 is 5.65. The van der Waals surface area contributed by atoms with Crippen molar-refractivity contribution in [1.82, 2.24) is 9.97 Å². The number of esters is 2. The van der Waals surface area contributed by atoms with E-state index in [0.717, 1.165) is 0 Å². The smallest absolute Gasteiger partial charge is 0.323 e. The molecule has 0 radical (unpaired) electrons. The fourth-order valence-electron chi connectivity index (χ4n) is 1.60. The lowest BCUT2D eigenvalue weighted by atomic mass is 9.85. The molecule has 1 heterocycles. The molecular formula is C13H17ClN2O4. The van der Waals surface area contributed by atoms with Gasteiger partial charge in [0.1, 0.15) is 5.15 Å². The summed E-state index contributed by atoms with van der Waals surface area (Å²) in [4.78, 5) is 32.0. The third-order valence-corrected chi connectivity index (χ3v) is 2.86. The highest BCUT2D eigenvalue weighted by Crippen LogP contribution is 2.26. The lowest BCUT2D eigenvalue weighted by Gasteiger charge is -2.24. The number of rotatable bonds is 6. The third kappa shape index (κ3) is 3.90. The van der Waals surface area contributed by atoms with E-state index in [9.17, 15) is 9.59 Å². The summed E-state index contributed by atoms with van der Waals surface area (Å²) in [5, 5.41) is 0.239. The first-order chi connectivity index (χ1) is 9.43. The summed E-state index contributed by atoms with van der Waals surface area (Å²) < 4.78 is 9.91. The lowest BCUT2D eigenvalue weighted by Crippen LogP contribution is -2.41. The average molecular weight is 301 g/mol. The molecule has 0 aliphatic rings. The van der Waals surface area contributed by atoms with Gasteiger partial charge in [0.25, 0.3) is 0 Å². The minimum absolute atomic E-state index is 0.0365. The molecule has 20 heavy (non-hydrogen) atoms. The van der Waals surface area contributed by atoms with Gasteiger partial charge >= 0.3 is 11.9 Å². The van der Waals surface area contributed by atoms with E-state index in [0.29, 0.717) is 5.69 Å². The van der Waals surface area contributed by atoms with Gasteiger partial charge in [-0.3, -0.25) is 14.6 Å². The van der Waals surface area contributed by atoms with Crippen molar-refractivity contribution in [2.75, 3.05) is 13.2 Å². The largest absolute Gasteiger partial charge is 0.465 e. The standard InChI is InChI=1S/C13H17ClN2O4/c1-4-19-11(17)13(3,12(18)20-5-2)6-9-7-16-10(14)8-15-9/h7-8H,4-6H2,1-3H3. The lowest BCUT2D eigenvalue weighted by molar-refractivity contribution is -0.170. The van der Waals surface area contributed by atoms with Crippen LogP contribution in [0.3, 0.4) is 0 Å². The van der Waals surface area contributed by atoms with E-state index < -0.39 is 17.4 Å². The highest BCUT2D eigenvalue weighted by molar-refractivity contribution is 6.29. The van der Waals surface area contributed by atoms with Gasteiger partial charge in [-0.25, -0.2) is 4.98 Å². The third-order valence-electron chi connectivity index (χ3n) is 2.66. The quantitative estimate of drug-likeness (QED) is 0.589. The van der Waals surface area contributed by atoms with Crippen LogP contribution in [0.2, 0.25) is 5.15 Å². The Balaban J connectivity index is 3.00. The van der Waals surface area contributed by atoms with E-state index >= 15 is 0 Å². The summed E-state index contributed by atoms with van der Waals surface area (Å²) in [5.74, 6) is -1.29. The second-order valence-electron chi connectivity index (χ2n) is 4.28. The molecular weight excluding hydrogens is 284 g/mol. The molecule has 0 bridgehead atoms. The summed E-state index contributed by atoms with van der Waals surface area (Å²) in [5.41, 5.74) is -0.993. The molecule has 0 atom stereocenters. The van der Waals surface area contributed by atoms with Crippen LogP contribution in [0, 0.1) is 5.41 Å². The first-order valence-corrected chi connectivity index (χ1v) is 6.62. The maximum absolute atomic E-state index is 12.1. The monoisotopic (exact) mass is 300 g/mol. The first-order valence-electron chi connectivity index (χ1n) is 6.25. The summed E-state index contributed by atoms with van der Waals surface area (Å²) in [6.45, 7) is 5.18. The number of carbonyl (C=O) groups excluding carboxylic acids is 2. The molecule has 0 unspecified atom stereocenters. The van der Waals surface area contributed by atoms with Gasteiger partial charge in [0.2, 0.25) is 0 Å². The van der Waals surface area contributed by atoms with Crippen molar-refractivity contribution in [2.24, 2.45) is 5.41 Å². The Morgan fingerprint density at radius 3 is 2.10 bits per heavy atom. The van der Waals surface area contributed by atoms with Gasteiger partial charge in [-0.15, -0.1) is 0 Å². The van der Waals surface area contributed by atoms with Crippen molar-refractivity contribution in [3.63, 3.8) is 0 Å². The van der Waals surface area contributed by atoms with Crippen molar-refractivity contribution in [3.05, 3.63) is 23.2 Å². The van der Waals surface area contributed by atoms with Crippen molar-refractivity contribution < 1.29 is 19.1 Å². The van der Waals surface area contributed by atoms with E-state index in [1.807, 2.05) is 0 Å². The molecule has 0 aliphatic carbocycles. The van der Waals surface area contributed by atoms with Gasteiger partial charge in [-0.2, -0.15) is 0 Å². The zero-order valence-corrected chi connectivity index (χ0v) is 12.4. The molecule has 0 saturated carbocycles. The molecule has 0 spiro atoms. The summed E-state index contributed by atoms with van der Waals surface area (Å²) in [7, 11) is 0. The Kier molecular flexibility index (Phi) is 5.88. The van der Waals surface area contributed by atoms with E-state index in [-0.39, 0.29) is 24.8 Å². The van der Waals surface area contributed by atoms with Gasteiger partial charge in [-0.05, 0) is 20.8 Å². The van der Waals surface area contributed by atoms with Crippen LogP contribution in [-0.2, 0) is 25.5 Å². The Morgan fingerprint density at radius 1 is 1.15 bits per heavy atom. The Bertz CT molecular complexity index is 458.